The molecule has 30 heavy (non-hydrogen) atoms. The van der Waals surface area contributed by atoms with Gasteiger partial charge in [-0.2, -0.15) is 4.98 Å². The first kappa shape index (κ1) is 20.5. The van der Waals surface area contributed by atoms with Crippen molar-refractivity contribution in [1.82, 2.24) is 14.4 Å². The van der Waals surface area contributed by atoms with E-state index in [0.29, 0.717) is 43.2 Å². The molecule has 3 aromatic rings. The molecule has 0 radical (unpaired) electrons. The van der Waals surface area contributed by atoms with Gasteiger partial charge in [-0.15, -0.1) is 0 Å². The SMILES string of the molecule is COc1ccc(-c2noc(C3CCN(S(=O)(=O)Cc4cccc(F)c4)CC3)n2)cc1. The van der Waals surface area contributed by atoms with Crippen LogP contribution in [0.25, 0.3) is 11.4 Å². The van der Waals surface area contributed by atoms with Gasteiger partial charge in [0.1, 0.15) is 11.6 Å². The number of halogens is 1. The quantitative estimate of drug-likeness (QED) is 0.593. The van der Waals surface area contributed by atoms with Crippen molar-refractivity contribution in [2.75, 3.05) is 20.2 Å². The fourth-order valence-electron chi connectivity index (χ4n) is 3.57. The Kier molecular flexibility index (Phi) is 5.83. The zero-order valence-corrected chi connectivity index (χ0v) is 17.3. The number of hydrogen-bond donors (Lipinski definition) is 0. The molecule has 158 valence electrons. The van der Waals surface area contributed by atoms with Crippen LogP contribution >= 0.6 is 0 Å². The minimum atomic E-state index is -3.52. The lowest BCUT2D eigenvalue weighted by Gasteiger charge is -2.29. The predicted octanol–water partition coefficient (Wildman–Crippen LogP) is 3.59. The first-order valence-electron chi connectivity index (χ1n) is 9.65. The number of benzene rings is 2. The van der Waals surface area contributed by atoms with Gasteiger partial charge < -0.3 is 9.26 Å². The molecule has 0 amide bonds. The molecule has 0 bridgehead atoms. The summed E-state index contributed by atoms with van der Waals surface area (Å²) in [5, 5.41) is 4.05. The van der Waals surface area contributed by atoms with Crippen LogP contribution in [0.1, 0.15) is 30.2 Å². The van der Waals surface area contributed by atoms with Gasteiger partial charge in [-0.25, -0.2) is 17.1 Å². The highest BCUT2D eigenvalue weighted by molar-refractivity contribution is 7.88. The van der Waals surface area contributed by atoms with Crippen LogP contribution in [0.2, 0.25) is 0 Å². The summed E-state index contributed by atoms with van der Waals surface area (Å²) < 4.78 is 50.8. The zero-order chi connectivity index (χ0) is 21.1. The Morgan fingerprint density at radius 3 is 2.57 bits per heavy atom. The summed E-state index contributed by atoms with van der Waals surface area (Å²) in [6, 6.07) is 13.1. The van der Waals surface area contributed by atoms with Crippen molar-refractivity contribution in [1.29, 1.82) is 0 Å². The molecule has 7 nitrogen and oxygen atoms in total. The summed E-state index contributed by atoms with van der Waals surface area (Å²) >= 11 is 0. The van der Waals surface area contributed by atoms with Crippen LogP contribution in [-0.4, -0.2) is 43.1 Å². The zero-order valence-electron chi connectivity index (χ0n) is 16.5. The second kappa shape index (κ2) is 8.53. The predicted molar refractivity (Wildman–Crippen MR) is 109 cm³/mol. The monoisotopic (exact) mass is 431 g/mol. The molecule has 0 N–H and O–H groups in total. The molecule has 1 aliphatic rings. The van der Waals surface area contributed by atoms with Crippen molar-refractivity contribution >= 4 is 10.0 Å². The van der Waals surface area contributed by atoms with E-state index in [4.69, 9.17) is 9.26 Å². The molecule has 2 heterocycles. The van der Waals surface area contributed by atoms with Crippen molar-refractivity contribution in [2.24, 2.45) is 0 Å². The van der Waals surface area contributed by atoms with Gasteiger partial charge in [-0.1, -0.05) is 17.3 Å². The molecule has 1 saturated heterocycles. The third-order valence-electron chi connectivity index (χ3n) is 5.22. The van der Waals surface area contributed by atoms with Gasteiger partial charge in [0.15, 0.2) is 0 Å². The molecular formula is C21H22FN3O4S. The molecule has 4 rings (SSSR count). The molecule has 0 spiro atoms. The topological polar surface area (TPSA) is 85.5 Å². The number of piperidine rings is 1. The van der Waals surface area contributed by atoms with Crippen LogP contribution in [0, 0.1) is 5.82 Å². The summed E-state index contributed by atoms with van der Waals surface area (Å²) in [6.07, 6.45) is 1.18. The standard InChI is InChI=1S/C21H22FN3O4S/c1-28-19-7-5-16(6-8-19)20-23-21(29-24-20)17-9-11-25(12-10-17)30(26,27)14-15-3-2-4-18(22)13-15/h2-8,13,17H,9-12,14H2,1H3. The second-order valence-electron chi connectivity index (χ2n) is 7.24. The Labute approximate surface area is 174 Å². The molecular weight excluding hydrogens is 409 g/mol. The Morgan fingerprint density at radius 2 is 1.90 bits per heavy atom. The average Bonchev–Trinajstić information content (AvgIpc) is 3.24. The van der Waals surface area contributed by atoms with Crippen molar-refractivity contribution < 1.29 is 22.1 Å². The van der Waals surface area contributed by atoms with Gasteiger partial charge in [-0.05, 0) is 54.8 Å². The van der Waals surface area contributed by atoms with E-state index in [0.717, 1.165) is 11.3 Å². The molecule has 0 atom stereocenters. The summed E-state index contributed by atoms with van der Waals surface area (Å²) in [5.74, 6) is 1.11. The molecule has 9 heteroatoms. The van der Waals surface area contributed by atoms with Crippen LogP contribution in [0.5, 0.6) is 5.75 Å². The molecule has 1 aromatic heterocycles. The molecule has 0 unspecified atom stereocenters. The van der Waals surface area contributed by atoms with Gasteiger partial charge in [-0.3, -0.25) is 0 Å². The number of hydrogen-bond acceptors (Lipinski definition) is 6. The summed E-state index contributed by atoms with van der Waals surface area (Å²) in [5.41, 5.74) is 1.26. The van der Waals surface area contributed by atoms with Gasteiger partial charge >= 0.3 is 0 Å². The van der Waals surface area contributed by atoms with Crippen LogP contribution < -0.4 is 4.74 Å². The minimum Gasteiger partial charge on any atom is -0.497 e. The maximum Gasteiger partial charge on any atom is 0.230 e. The largest absolute Gasteiger partial charge is 0.497 e. The lowest BCUT2D eigenvalue weighted by molar-refractivity contribution is 0.270. The lowest BCUT2D eigenvalue weighted by Crippen LogP contribution is -2.38. The van der Waals surface area contributed by atoms with Crippen molar-refractivity contribution in [3.63, 3.8) is 0 Å². The Hall–Kier alpha value is -2.78. The third kappa shape index (κ3) is 4.52. The first-order valence-corrected chi connectivity index (χ1v) is 11.3. The number of nitrogens with zero attached hydrogens (tertiary/aromatic N) is 3. The van der Waals surface area contributed by atoms with E-state index in [1.165, 1.54) is 22.5 Å². The first-order chi connectivity index (χ1) is 14.4. The number of aromatic nitrogens is 2. The maximum absolute atomic E-state index is 13.3. The summed E-state index contributed by atoms with van der Waals surface area (Å²) in [6.45, 7) is 0.727. The highest BCUT2D eigenvalue weighted by Gasteiger charge is 2.31. The Balaban J connectivity index is 1.39. The summed E-state index contributed by atoms with van der Waals surface area (Å²) in [4.78, 5) is 4.50. The number of methoxy groups -OCH3 is 1. The van der Waals surface area contributed by atoms with Gasteiger partial charge in [0.25, 0.3) is 0 Å². The van der Waals surface area contributed by atoms with Crippen LogP contribution in [0.15, 0.2) is 53.1 Å². The fraction of sp³-hybridized carbons (Fsp3) is 0.333. The van der Waals surface area contributed by atoms with Gasteiger partial charge in [0.2, 0.25) is 21.7 Å². The number of ether oxygens (including phenoxy) is 1. The van der Waals surface area contributed by atoms with E-state index in [1.54, 1.807) is 13.2 Å². The average molecular weight is 431 g/mol. The third-order valence-corrected chi connectivity index (χ3v) is 7.07. The number of rotatable bonds is 6. The van der Waals surface area contributed by atoms with Gasteiger partial charge in [0, 0.05) is 24.6 Å². The highest BCUT2D eigenvalue weighted by atomic mass is 32.2. The van der Waals surface area contributed by atoms with Gasteiger partial charge in [0.05, 0.1) is 12.9 Å². The fourth-order valence-corrected chi connectivity index (χ4v) is 5.12. The maximum atomic E-state index is 13.3. The molecule has 0 saturated carbocycles. The van der Waals surface area contributed by atoms with E-state index >= 15 is 0 Å². The second-order valence-corrected chi connectivity index (χ2v) is 9.21. The smallest absolute Gasteiger partial charge is 0.230 e. The molecule has 1 fully saturated rings. The minimum absolute atomic E-state index is 0.00474. The lowest BCUT2D eigenvalue weighted by atomic mass is 9.98. The molecule has 1 aliphatic heterocycles. The Bertz CT molecular complexity index is 1110. The van der Waals surface area contributed by atoms with E-state index in [-0.39, 0.29) is 11.7 Å². The highest BCUT2D eigenvalue weighted by Crippen LogP contribution is 2.30. The van der Waals surface area contributed by atoms with E-state index in [2.05, 4.69) is 10.1 Å². The van der Waals surface area contributed by atoms with Crippen molar-refractivity contribution in [3.8, 4) is 17.1 Å². The van der Waals surface area contributed by atoms with Crippen LogP contribution in [0.3, 0.4) is 0 Å². The number of sulfonamides is 1. The van der Waals surface area contributed by atoms with Crippen molar-refractivity contribution in [2.45, 2.75) is 24.5 Å². The van der Waals surface area contributed by atoms with Crippen LogP contribution in [0.4, 0.5) is 4.39 Å². The van der Waals surface area contributed by atoms with E-state index in [1.807, 2.05) is 24.3 Å². The Morgan fingerprint density at radius 1 is 1.17 bits per heavy atom. The molecule has 2 aromatic carbocycles. The molecule has 0 aliphatic carbocycles. The normalized spacial score (nSPS) is 15.9. The van der Waals surface area contributed by atoms with Crippen LogP contribution in [-0.2, 0) is 15.8 Å². The van der Waals surface area contributed by atoms with E-state index < -0.39 is 15.8 Å². The van der Waals surface area contributed by atoms with Crippen molar-refractivity contribution in [3.05, 3.63) is 65.8 Å². The summed E-state index contributed by atoms with van der Waals surface area (Å²) in [7, 11) is -1.91. The van der Waals surface area contributed by atoms with E-state index in [9.17, 15) is 12.8 Å².